The van der Waals surface area contributed by atoms with Crippen molar-refractivity contribution in [2.75, 3.05) is 5.32 Å². The molecule has 0 fully saturated rings. The molecule has 0 saturated carbocycles. The Hall–Kier alpha value is -0.700. The lowest BCUT2D eigenvalue weighted by Crippen LogP contribution is -1.99. The number of halogens is 2. The van der Waals surface area contributed by atoms with Crippen molar-refractivity contribution in [3.63, 3.8) is 0 Å². The van der Waals surface area contributed by atoms with Crippen LogP contribution in [-0.2, 0) is 6.54 Å². The number of aryl methyl sites for hydroxylation is 2. The van der Waals surface area contributed by atoms with Gasteiger partial charge in [0.1, 0.15) is 0 Å². The lowest BCUT2D eigenvalue weighted by molar-refractivity contribution is 1.17. The highest BCUT2D eigenvalue weighted by molar-refractivity contribution is 7.10. The van der Waals surface area contributed by atoms with E-state index in [2.05, 4.69) is 23.7 Å². The Labute approximate surface area is 115 Å². The van der Waals surface area contributed by atoms with Crippen LogP contribution in [0.3, 0.4) is 0 Å². The number of benzene rings is 1. The molecule has 2 aromatic rings. The van der Waals surface area contributed by atoms with E-state index in [1.54, 1.807) is 11.3 Å². The van der Waals surface area contributed by atoms with Gasteiger partial charge in [0.25, 0.3) is 0 Å². The third-order valence-corrected chi connectivity index (χ3v) is 4.40. The van der Waals surface area contributed by atoms with Gasteiger partial charge in [-0.2, -0.15) is 0 Å². The van der Waals surface area contributed by atoms with Gasteiger partial charge in [-0.05, 0) is 48.6 Å². The van der Waals surface area contributed by atoms with Crippen LogP contribution in [0.25, 0.3) is 0 Å². The van der Waals surface area contributed by atoms with Gasteiger partial charge in [-0.25, -0.2) is 0 Å². The first kappa shape index (κ1) is 12.7. The van der Waals surface area contributed by atoms with Gasteiger partial charge in [-0.3, -0.25) is 0 Å². The first-order valence-corrected chi connectivity index (χ1v) is 6.94. The quantitative estimate of drug-likeness (QED) is 0.809. The fourth-order valence-corrected chi connectivity index (χ4v) is 2.84. The summed E-state index contributed by atoms with van der Waals surface area (Å²) in [7, 11) is 0. The number of anilines is 1. The maximum Gasteiger partial charge on any atom is 0.0641 e. The highest BCUT2D eigenvalue weighted by Gasteiger charge is 2.05. The van der Waals surface area contributed by atoms with Gasteiger partial charge >= 0.3 is 0 Å². The molecule has 0 bridgehead atoms. The maximum absolute atomic E-state index is 6.16. The molecule has 0 spiro atoms. The van der Waals surface area contributed by atoms with Crippen molar-refractivity contribution in [1.82, 2.24) is 0 Å². The van der Waals surface area contributed by atoms with Gasteiger partial charge < -0.3 is 5.32 Å². The van der Waals surface area contributed by atoms with Crippen molar-refractivity contribution in [3.8, 4) is 0 Å². The number of nitrogens with one attached hydrogen (secondary N) is 1. The molecule has 0 unspecified atom stereocenters. The van der Waals surface area contributed by atoms with Crippen LogP contribution >= 0.6 is 34.5 Å². The molecule has 1 heterocycles. The first-order valence-electron chi connectivity index (χ1n) is 5.30. The summed E-state index contributed by atoms with van der Waals surface area (Å²) < 4.78 is 0. The minimum atomic E-state index is 0.709. The normalized spacial score (nSPS) is 10.6. The van der Waals surface area contributed by atoms with Crippen LogP contribution in [-0.4, -0.2) is 0 Å². The van der Waals surface area contributed by atoms with Crippen LogP contribution in [0, 0.1) is 13.8 Å². The second-order valence-corrected chi connectivity index (χ2v) is 5.78. The zero-order chi connectivity index (χ0) is 12.4. The standard InChI is InChI=1S/C13H13Cl2NS/c1-8-3-4-17-13(8)7-16-12-6-10(14)9(2)5-11(12)15/h3-6,16H,7H2,1-2H3. The predicted molar refractivity (Wildman–Crippen MR) is 77.6 cm³/mol. The van der Waals surface area contributed by atoms with E-state index in [0.717, 1.165) is 22.8 Å². The van der Waals surface area contributed by atoms with Gasteiger partial charge in [0.05, 0.1) is 10.7 Å². The molecule has 2 rings (SSSR count). The monoisotopic (exact) mass is 285 g/mol. The summed E-state index contributed by atoms with van der Waals surface area (Å²) in [4.78, 5) is 1.32. The lowest BCUT2D eigenvalue weighted by atomic mass is 10.2. The molecule has 0 atom stereocenters. The van der Waals surface area contributed by atoms with Gasteiger partial charge in [-0.15, -0.1) is 11.3 Å². The van der Waals surface area contributed by atoms with Crippen molar-refractivity contribution in [2.45, 2.75) is 20.4 Å². The zero-order valence-corrected chi connectivity index (χ0v) is 12.0. The second kappa shape index (κ2) is 5.30. The van der Waals surface area contributed by atoms with Gasteiger partial charge in [0.2, 0.25) is 0 Å². The van der Waals surface area contributed by atoms with Crippen molar-refractivity contribution in [2.24, 2.45) is 0 Å². The molecule has 1 nitrogen and oxygen atoms in total. The molecule has 0 amide bonds. The lowest BCUT2D eigenvalue weighted by Gasteiger charge is -2.10. The van der Waals surface area contributed by atoms with E-state index in [-0.39, 0.29) is 0 Å². The number of hydrogen-bond donors (Lipinski definition) is 1. The molecule has 17 heavy (non-hydrogen) atoms. The predicted octanol–water partition coefficient (Wildman–Crippen LogP) is 5.28. The third-order valence-electron chi connectivity index (χ3n) is 2.66. The highest BCUT2D eigenvalue weighted by atomic mass is 35.5. The number of thiophene rings is 1. The topological polar surface area (TPSA) is 12.0 Å². The molecular weight excluding hydrogens is 273 g/mol. The third kappa shape index (κ3) is 2.95. The number of rotatable bonds is 3. The van der Waals surface area contributed by atoms with E-state index in [4.69, 9.17) is 23.2 Å². The number of hydrogen-bond acceptors (Lipinski definition) is 2. The van der Waals surface area contributed by atoms with Crippen molar-refractivity contribution >= 4 is 40.2 Å². The van der Waals surface area contributed by atoms with E-state index in [0.29, 0.717) is 5.02 Å². The summed E-state index contributed by atoms with van der Waals surface area (Å²) >= 11 is 14.0. The Morgan fingerprint density at radius 2 is 1.88 bits per heavy atom. The minimum absolute atomic E-state index is 0.709. The van der Waals surface area contributed by atoms with Crippen LogP contribution in [0.2, 0.25) is 10.0 Å². The van der Waals surface area contributed by atoms with Gasteiger partial charge in [0, 0.05) is 16.4 Å². The van der Waals surface area contributed by atoms with Crippen molar-refractivity contribution in [1.29, 1.82) is 0 Å². The first-order chi connectivity index (χ1) is 8.08. The molecule has 1 aromatic heterocycles. The molecule has 0 saturated heterocycles. The Bertz CT molecular complexity index is 534. The van der Waals surface area contributed by atoms with Gasteiger partial charge in [-0.1, -0.05) is 23.2 Å². The fourth-order valence-electron chi connectivity index (χ4n) is 1.54. The summed E-state index contributed by atoms with van der Waals surface area (Å²) in [5, 5.41) is 6.86. The molecule has 4 heteroatoms. The molecule has 0 aliphatic rings. The highest BCUT2D eigenvalue weighted by Crippen LogP contribution is 2.29. The average Bonchev–Trinajstić information content (AvgIpc) is 2.68. The van der Waals surface area contributed by atoms with E-state index in [1.807, 2.05) is 19.1 Å². The van der Waals surface area contributed by atoms with E-state index < -0.39 is 0 Å². The average molecular weight is 286 g/mol. The fraction of sp³-hybridized carbons (Fsp3) is 0.231. The molecule has 90 valence electrons. The van der Waals surface area contributed by atoms with Crippen molar-refractivity contribution < 1.29 is 0 Å². The van der Waals surface area contributed by atoms with E-state index in [1.165, 1.54) is 10.4 Å². The SMILES string of the molecule is Cc1cc(Cl)c(NCc2sccc2C)cc1Cl. The van der Waals surface area contributed by atoms with Crippen LogP contribution in [0.15, 0.2) is 23.6 Å². The molecule has 0 radical (unpaired) electrons. The molecule has 0 aliphatic heterocycles. The van der Waals surface area contributed by atoms with Gasteiger partial charge in [0.15, 0.2) is 0 Å². The van der Waals surface area contributed by atoms with Crippen LogP contribution in [0.5, 0.6) is 0 Å². The van der Waals surface area contributed by atoms with Crippen molar-refractivity contribution in [3.05, 3.63) is 49.6 Å². The van der Waals surface area contributed by atoms with E-state index in [9.17, 15) is 0 Å². The summed E-state index contributed by atoms with van der Waals surface area (Å²) in [5.41, 5.74) is 3.18. The second-order valence-electron chi connectivity index (χ2n) is 3.96. The van der Waals surface area contributed by atoms with E-state index >= 15 is 0 Å². The Morgan fingerprint density at radius 1 is 1.12 bits per heavy atom. The Kier molecular flexibility index (Phi) is 3.97. The summed E-state index contributed by atoms with van der Waals surface area (Å²) in [6.45, 7) is 4.83. The van der Waals surface area contributed by atoms with Crippen LogP contribution in [0.1, 0.15) is 16.0 Å². The smallest absolute Gasteiger partial charge is 0.0641 e. The maximum atomic E-state index is 6.16. The molecule has 1 N–H and O–H groups in total. The summed E-state index contributed by atoms with van der Waals surface area (Å²) in [5.74, 6) is 0. The molecule has 0 aliphatic carbocycles. The van der Waals surface area contributed by atoms with Crippen LogP contribution in [0.4, 0.5) is 5.69 Å². The Balaban J connectivity index is 2.14. The summed E-state index contributed by atoms with van der Waals surface area (Å²) in [6.07, 6.45) is 0. The molecular formula is C13H13Cl2NS. The minimum Gasteiger partial charge on any atom is -0.379 e. The zero-order valence-electron chi connectivity index (χ0n) is 9.68. The van der Waals surface area contributed by atoms with Crippen LogP contribution < -0.4 is 5.32 Å². The molecule has 1 aromatic carbocycles. The summed E-state index contributed by atoms with van der Waals surface area (Å²) in [6, 6.07) is 5.88. The Morgan fingerprint density at radius 3 is 2.53 bits per heavy atom. The largest absolute Gasteiger partial charge is 0.379 e.